The molecule has 0 heterocycles. The van der Waals surface area contributed by atoms with Crippen LogP contribution in [-0.4, -0.2) is 54.0 Å². The second-order valence-electron chi connectivity index (χ2n) is 3.32. The average molecular weight is 218 g/mol. The molecule has 5 heteroatoms. The first-order chi connectivity index (χ1) is 6.40. The molecule has 14 heavy (non-hydrogen) atoms. The topological polar surface area (TPSA) is 40.6 Å². The molecule has 0 spiro atoms. The molecule has 0 rings (SSSR count). The molecule has 0 N–H and O–H groups in total. The molecule has 2 amide bonds. The van der Waals surface area contributed by atoms with Gasteiger partial charge in [-0.2, -0.15) is 12.6 Å². The van der Waals surface area contributed by atoms with E-state index in [4.69, 9.17) is 0 Å². The maximum absolute atomic E-state index is 11.5. The predicted molar refractivity (Wildman–Crippen MR) is 59.4 cm³/mol. The van der Waals surface area contributed by atoms with Crippen LogP contribution in [0.1, 0.15) is 13.8 Å². The number of thiol groups is 1. The van der Waals surface area contributed by atoms with Crippen LogP contribution in [0.2, 0.25) is 0 Å². The van der Waals surface area contributed by atoms with Crippen molar-refractivity contribution in [2.24, 2.45) is 0 Å². The van der Waals surface area contributed by atoms with E-state index in [1.54, 1.807) is 21.0 Å². The highest BCUT2D eigenvalue weighted by Crippen LogP contribution is 2.01. The maximum atomic E-state index is 11.5. The summed E-state index contributed by atoms with van der Waals surface area (Å²) in [6.45, 7) is 4.21. The number of nitrogens with zero attached hydrogens (tertiary/aromatic N) is 2. The van der Waals surface area contributed by atoms with Crippen LogP contribution in [0.15, 0.2) is 0 Å². The van der Waals surface area contributed by atoms with Crippen molar-refractivity contribution in [3.05, 3.63) is 0 Å². The largest absolute Gasteiger partial charge is 0.347 e. The minimum absolute atomic E-state index is 0.0748. The van der Waals surface area contributed by atoms with Crippen LogP contribution in [-0.2, 0) is 9.59 Å². The van der Waals surface area contributed by atoms with Gasteiger partial charge in [0.2, 0.25) is 11.8 Å². The molecule has 0 radical (unpaired) electrons. The molecule has 0 saturated heterocycles. The standard InChI is InChI=1S/C9H18N2O2S/c1-5-11(9(13)7(2)14)6-8(12)10(3)4/h7,14H,5-6H2,1-4H3. The zero-order valence-corrected chi connectivity index (χ0v) is 10.0. The highest BCUT2D eigenvalue weighted by molar-refractivity contribution is 7.81. The zero-order chi connectivity index (χ0) is 11.3. The van der Waals surface area contributed by atoms with Gasteiger partial charge in [0.05, 0.1) is 11.8 Å². The van der Waals surface area contributed by atoms with Gasteiger partial charge in [0.1, 0.15) is 0 Å². The molecule has 0 aromatic heterocycles. The fraction of sp³-hybridized carbons (Fsp3) is 0.778. The summed E-state index contributed by atoms with van der Waals surface area (Å²) in [6.07, 6.45) is 0. The Morgan fingerprint density at radius 3 is 2.14 bits per heavy atom. The van der Waals surface area contributed by atoms with Crippen molar-refractivity contribution < 1.29 is 9.59 Å². The number of hydrogen-bond acceptors (Lipinski definition) is 3. The first-order valence-corrected chi connectivity index (χ1v) is 5.08. The highest BCUT2D eigenvalue weighted by Gasteiger charge is 2.19. The minimum Gasteiger partial charge on any atom is -0.347 e. The van der Waals surface area contributed by atoms with Crippen LogP contribution in [0, 0.1) is 0 Å². The van der Waals surface area contributed by atoms with E-state index < -0.39 is 0 Å². The second kappa shape index (κ2) is 5.90. The Labute approximate surface area is 90.7 Å². The van der Waals surface area contributed by atoms with Crippen molar-refractivity contribution in [1.82, 2.24) is 9.80 Å². The van der Waals surface area contributed by atoms with Crippen LogP contribution < -0.4 is 0 Å². The van der Waals surface area contributed by atoms with Gasteiger partial charge in [-0.3, -0.25) is 9.59 Å². The first kappa shape index (κ1) is 13.3. The summed E-state index contributed by atoms with van der Waals surface area (Å²) in [5.74, 6) is -0.180. The van der Waals surface area contributed by atoms with Gasteiger partial charge in [0, 0.05) is 20.6 Å². The Balaban J connectivity index is 4.30. The summed E-state index contributed by atoms with van der Waals surface area (Å²) in [4.78, 5) is 25.8. The summed E-state index contributed by atoms with van der Waals surface area (Å²) in [5, 5.41) is -0.357. The van der Waals surface area contributed by atoms with Crippen LogP contribution in [0.5, 0.6) is 0 Å². The average Bonchev–Trinajstić information content (AvgIpc) is 2.12. The molecular weight excluding hydrogens is 200 g/mol. The van der Waals surface area contributed by atoms with E-state index in [0.29, 0.717) is 6.54 Å². The first-order valence-electron chi connectivity index (χ1n) is 4.57. The molecule has 0 aromatic carbocycles. The Kier molecular flexibility index (Phi) is 5.60. The number of likely N-dealkylation sites (N-methyl/N-ethyl adjacent to an activating group) is 2. The van der Waals surface area contributed by atoms with Gasteiger partial charge in [-0.05, 0) is 13.8 Å². The van der Waals surface area contributed by atoms with Crippen LogP contribution >= 0.6 is 12.6 Å². The normalized spacial score (nSPS) is 12.1. The molecule has 0 saturated carbocycles. The lowest BCUT2D eigenvalue weighted by Crippen LogP contribution is -2.42. The van der Waals surface area contributed by atoms with E-state index in [9.17, 15) is 9.59 Å². The van der Waals surface area contributed by atoms with E-state index in [1.807, 2.05) is 6.92 Å². The summed E-state index contributed by atoms with van der Waals surface area (Å²) in [5.41, 5.74) is 0. The Morgan fingerprint density at radius 1 is 1.36 bits per heavy atom. The van der Waals surface area contributed by atoms with Crippen LogP contribution in [0.3, 0.4) is 0 Å². The highest BCUT2D eigenvalue weighted by atomic mass is 32.1. The number of carbonyl (C=O) groups excluding carboxylic acids is 2. The quantitative estimate of drug-likeness (QED) is 0.687. The Bertz CT molecular complexity index is 217. The fourth-order valence-corrected chi connectivity index (χ4v) is 1.08. The molecule has 4 nitrogen and oxygen atoms in total. The van der Waals surface area contributed by atoms with Crippen LogP contribution in [0.25, 0.3) is 0 Å². The molecular formula is C9H18N2O2S. The molecule has 0 aliphatic rings. The Morgan fingerprint density at radius 2 is 1.86 bits per heavy atom. The van der Waals surface area contributed by atoms with Crippen molar-refractivity contribution in [3.63, 3.8) is 0 Å². The second-order valence-corrected chi connectivity index (χ2v) is 4.09. The lowest BCUT2D eigenvalue weighted by Gasteiger charge is -2.23. The predicted octanol–water partition coefficient (Wildman–Crippen LogP) is 0.241. The third-order valence-electron chi connectivity index (χ3n) is 1.88. The van der Waals surface area contributed by atoms with Gasteiger partial charge in [-0.1, -0.05) is 0 Å². The lowest BCUT2D eigenvalue weighted by atomic mass is 10.3. The summed E-state index contributed by atoms with van der Waals surface area (Å²) < 4.78 is 0. The van der Waals surface area contributed by atoms with Gasteiger partial charge in [0.15, 0.2) is 0 Å². The van der Waals surface area contributed by atoms with E-state index >= 15 is 0 Å². The third-order valence-corrected chi connectivity index (χ3v) is 2.10. The molecule has 0 aliphatic carbocycles. The van der Waals surface area contributed by atoms with Gasteiger partial charge >= 0.3 is 0 Å². The van der Waals surface area contributed by atoms with Gasteiger partial charge in [-0.15, -0.1) is 0 Å². The van der Waals surface area contributed by atoms with E-state index in [2.05, 4.69) is 12.6 Å². The van der Waals surface area contributed by atoms with E-state index in [1.165, 1.54) is 9.80 Å². The SMILES string of the molecule is CCN(CC(=O)N(C)C)C(=O)C(C)S. The number of amides is 2. The van der Waals surface area contributed by atoms with Gasteiger partial charge in [-0.25, -0.2) is 0 Å². The lowest BCUT2D eigenvalue weighted by molar-refractivity contribution is -0.138. The molecule has 0 fully saturated rings. The number of carbonyl (C=O) groups is 2. The monoisotopic (exact) mass is 218 g/mol. The minimum atomic E-state index is -0.357. The molecule has 1 atom stereocenters. The fourth-order valence-electron chi connectivity index (χ4n) is 0.914. The van der Waals surface area contributed by atoms with Crippen molar-refractivity contribution in [2.45, 2.75) is 19.1 Å². The summed E-state index contributed by atoms with van der Waals surface area (Å²) in [7, 11) is 3.34. The molecule has 0 bridgehead atoms. The van der Waals surface area contributed by atoms with Gasteiger partial charge in [0.25, 0.3) is 0 Å². The van der Waals surface area contributed by atoms with Crippen molar-refractivity contribution >= 4 is 24.4 Å². The smallest absolute Gasteiger partial charge is 0.241 e. The third kappa shape index (κ3) is 4.00. The molecule has 82 valence electrons. The Hall–Kier alpha value is -0.710. The number of hydrogen-bond donors (Lipinski definition) is 1. The molecule has 0 aromatic rings. The van der Waals surface area contributed by atoms with Crippen molar-refractivity contribution in [3.8, 4) is 0 Å². The van der Waals surface area contributed by atoms with E-state index in [-0.39, 0.29) is 23.6 Å². The van der Waals surface area contributed by atoms with Crippen LogP contribution in [0.4, 0.5) is 0 Å². The summed E-state index contributed by atoms with van der Waals surface area (Å²) >= 11 is 4.04. The molecule has 0 aliphatic heterocycles. The van der Waals surface area contributed by atoms with E-state index in [0.717, 1.165) is 0 Å². The van der Waals surface area contributed by atoms with Gasteiger partial charge < -0.3 is 9.80 Å². The maximum Gasteiger partial charge on any atom is 0.241 e. The number of rotatable bonds is 4. The zero-order valence-electron chi connectivity index (χ0n) is 9.15. The van der Waals surface area contributed by atoms with Crippen molar-refractivity contribution in [2.75, 3.05) is 27.2 Å². The summed E-state index contributed by atoms with van der Waals surface area (Å²) in [6, 6.07) is 0. The molecule has 1 unspecified atom stereocenters. The van der Waals surface area contributed by atoms with Crippen molar-refractivity contribution in [1.29, 1.82) is 0 Å².